The standard InChI is InChI=1S/C20H28N6O/c1-15-4-3-5-18(14-15)24-10-12-25(13-11-24)20(27)19-16(2)26(23-22-19)17-6-8-21-9-7-17/h3-5,14,17,21H,6-13H2,1-2H3. The summed E-state index contributed by atoms with van der Waals surface area (Å²) < 4.78 is 1.96. The molecular weight excluding hydrogens is 340 g/mol. The van der Waals surface area contributed by atoms with Gasteiger partial charge in [0.15, 0.2) is 5.69 Å². The number of carbonyl (C=O) groups is 1. The summed E-state index contributed by atoms with van der Waals surface area (Å²) in [6, 6.07) is 8.88. The average molecular weight is 368 g/mol. The van der Waals surface area contributed by atoms with Crippen LogP contribution in [0.3, 0.4) is 0 Å². The van der Waals surface area contributed by atoms with Gasteiger partial charge < -0.3 is 15.1 Å². The number of amides is 1. The minimum absolute atomic E-state index is 0.0107. The number of hydrogen-bond acceptors (Lipinski definition) is 5. The van der Waals surface area contributed by atoms with E-state index in [1.54, 1.807) is 0 Å². The molecule has 0 unspecified atom stereocenters. The second kappa shape index (κ2) is 7.68. The van der Waals surface area contributed by atoms with Gasteiger partial charge in [0, 0.05) is 31.9 Å². The number of nitrogens with one attached hydrogen (secondary N) is 1. The maximum absolute atomic E-state index is 13.0. The van der Waals surface area contributed by atoms with E-state index in [2.05, 4.69) is 51.7 Å². The van der Waals surface area contributed by atoms with Crippen molar-refractivity contribution in [1.82, 2.24) is 25.2 Å². The number of nitrogens with zero attached hydrogens (tertiary/aromatic N) is 5. The fourth-order valence-corrected chi connectivity index (χ4v) is 4.08. The smallest absolute Gasteiger partial charge is 0.276 e. The summed E-state index contributed by atoms with van der Waals surface area (Å²) >= 11 is 0. The van der Waals surface area contributed by atoms with Crippen molar-refractivity contribution in [2.75, 3.05) is 44.2 Å². The molecule has 2 fully saturated rings. The van der Waals surface area contributed by atoms with Crippen LogP contribution in [-0.2, 0) is 0 Å². The van der Waals surface area contributed by atoms with Crippen LogP contribution in [-0.4, -0.2) is 65.1 Å². The first-order valence-corrected chi connectivity index (χ1v) is 9.87. The lowest BCUT2D eigenvalue weighted by molar-refractivity contribution is 0.0740. The highest BCUT2D eigenvalue weighted by atomic mass is 16.2. The quantitative estimate of drug-likeness (QED) is 0.895. The van der Waals surface area contributed by atoms with Crippen molar-refractivity contribution in [3.05, 3.63) is 41.2 Å². The van der Waals surface area contributed by atoms with Crippen LogP contribution in [0.25, 0.3) is 0 Å². The second-order valence-electron chi connectivity index (χ2n) is 7.57. The lowest BCUT2D eigenvalue weighted by Gasteiger charge is -2.36. The van der Waals surface area contributed by atoms with E-state index >= 15 is 0 Å². The molecule has 0 aliphatic carbocycles. The minimum Gasteiger partial charge on any atom is -0.368 e. The molecule has 0 bridgehead atoms. The molecule has 2 saturated heterocycles. The Morgan fingerprint density at radius 3 is 2.56 bits per heavy atom. The van der Waals surface area contributed by atoms with Crippen molar-refractivity contribution in [2.45, 2.75) is 32.7 Å². The second-order valence-corrected chi connectivity index (χ2v) is 7.57. The van der Waals surface area contributed by atoms with Gasteiger partial charge in [-0.3, -0.25) is 4.79 Å². The monoisotopic (exact) mass is 368 g/mol. The third kappa shape index (κ3) is 3.69. The van der Waals surface area contributed by atoms with Crippen molar-refractivity contribution < 1.29 is 4.79 Å². The summed E-state index contributed by atoms with van der Waals surface area (Å²) in [5.41, 5.74) is 3.90. The van der Waals surface area contributed by atoms with Crippen LogP contribution in [0.4, 0.5) is 5.69 Å². The van der Waals surface area contributed by atoms with Gasteiger partial charge in [0.05, 0.1) is 11.7 Å². The van der Waals surface area contributed by atoms with Gasteiger partial charge in [-0.05, 0) is 57.5 Å². The Kier molecular flexibility index (Phi) is 5.11. The van der Waals surface area contributed by atoms with Gasteiger partial charge in [-0.2, -0.15) is 0 Å². The molecule has 144 valence electrons. The largest absolute Gasteiger partial charge is 0.368 e. The Balaban J connectivity index is 1.41. The lowest BCUT2D eigenvalue weighted by Crippen LogP contribution is -2.49. The van der Waals surface area contributed by atoms with Gasteiger partial charge in [0.1, 0.15) is 0 Å². The number of hydrogen-bond donors (Lipinski definition) is 1. The molecular formula is C20H28N6O. The average Bonchev–Trinajstić information content (AvgIpc) is 3.09. The molecule has 1 aromatic carbocycles. The molecule has 0 saturated carbocycles. The third-order valence-electron chi connectivity index (χ3n) is 5.72. The summed E-state index contributed by atoms with van der Waals surface area (Å²) in [7, 11) is 0. The van der Waals surface area contributed by atoms with Crippen molar-refractivity contribution >= 4 is 11.6 Å². The molecule has 1 aromatic heterocycles. The van der Waals surface area contributed by atoms with Gasteiger partial charge >= 0.3 is 0 Å². The molecule has 1 amide bonds. The van der Waals surface area contributed by atoms with Crippen LogP contribution in [0.1, 0.15) is 40.6 Å². The number of aromatic nitrogens is 3. The normalized spacial score (nSPS) is 18.7. The summed E-state index contributed by atoms with van der Waals surface area (Å²) in [6.45, 7) is 9.19. The fourth-order valence-electron chi connectivity index (χ4n) is 4.08. The number of carbonyl (C=O) groups excluding carboxylic acids is 1. The zero-order valence-corrected chi connectivity index (χ0v) is 16.2. The van der Waals surface area contributed by atoms with Gasteiger partial charge in [-0.15, -0.1) is 5.10 Å². The Labute approximate surface area is 160 Å². The van der Waals surface area contributed by atoms with Gasteiger partial charge in [0.2, 0.25) is 0 Å². The molecule has 4 rings (SSSR count). The molecule has 0 radical (unpaired) electrons. The number of rotatable bonds is 3. The maximum atomic E-state index is 13.0. The molecule has 0 spiro atoms. The minimum atomic E-state index is 0.0107. The van der Waals surface area contributed by atoms with Crippen molar-refractivity contribution in [3.8, 4) is 0 Å². The number of aryl methyl sites for hydroxylation is 1. The van der Waals surface area contributed by atoms with Gasteiger partial charge in [-0.1, -0.05) is 17.3 Å². The number of piperazine rings is 1. The highest BCUT2D eigenvalue weighted by molar-refractivity contribution is 5.93. The summed E-state index contributed by atoms with van der Waals surface area (Å²) in [4.78, 5) is 17.2. The van der Waals surface area contributed by atoms with E-state index in [1.807, 2.05) is 16.5 Å². The van der Waals surface area contributed by atoms with Crippen LogP contribution in [0.15, 0.2) is 24.3 Å². The number of anilines is 1. The highest BCUT2D eigenvalue weighted by Crippen LogP contribution is 2.22. The summed E-state index contributed by atoms with van der Waals surface area (Å²) in [6.07, 6.45) is 2.07. The highest BCUT2D eigenvalue weighted by Gasteiger charge is 2.28. The van der Waals surface area contributed by atoms with Crippen molar-refractivity contribution in [3.63, 3.8) is 0 Å². The molecule has 2 aliphatic heterocycles. The van der Waals surface area contributed by atoms with Crippen LogP contribution in [0, 0.1) is 13.8 Å². The molecule has 27 heavy (non-hydrogen) atoms. The number of piperidine rings is 1. The lowest BCUT2D eigenvalue weighted by atomic mass is 10.1. The molecule has 3 heterocycles. The van der Waals surface area contributed by atoms with E-state index in [-0.39, 0.29) is 5.91 Å². The van der Waals surface area contributed by atoms with E-state index in [4.69, 9.17) is 0 Å². The Morgan fingerprint density at radius 1 is 1.11 bits per heavy atom. The van der Waals surface area contributed by atoms with Crippen LogP contribution in [0.5, 0.6) is 0 Å². The summed E-state index contributed by atoms with van der Waals surface area (Å²) in [5, 5.41) is 11.9. The number of benzene rings is 1. The first kappa shape index (κ1) is 18.0. The van der Waals surface area contributed by atoms with E-state index in [0.29, 0.717) is 24.8 Å². The first-order chi connectivity index (χ1) is 13.1. The molecule has 2 aromatic rings. The van der Waals surface area contributed by atoms with E-state index < -0.39 is 0 Å². The van der Waals surface area contributed by atoms with Gasteiger partial charge in [0.25, 0.3) is 5.91 Å². The van der Waals surface area contributed by atoms with Crippen LogP contribution >= 0.6 is 0 Å². The molecule has 2 aliphatic rings. The topological polar surface area (TPSA) is 66.3 Å². The van der Waals surface area contributed by atoms with E-state index in [1.165, 1.54) is 11.3 Å². The molecule has 7 nitrogen and oxygen atoms in total. The Morgan fingerprint density at radius 2 is 1.85 bits per heavy atom. The van der Waals surface area contributed by atoms with Crippen molar-refractivity contribution in [1.29, 1.82) is 0 Å². The van der Waals surface area contributed by atoms with E-state index in [9.17, 15) is 4.79 Å². The molecule has 7 heteroatoms. The van der Waals surface area contributed by atoms with Crippen LogP contribution in [0.2, 0.25) is 0 Å². The summed E-state index contributed by atoms with van der Waals surface area (Å²) in [5.74, 6) is 0.0107. The SMILES string of the molecule is Cc1cccc(N2CCN(C(=O)c3nnn(C4CCNCC4)c3C)CC2)c1. The third-order valence-corrected chi connectivity index (χ3v) is 5.72. The molecule has 0 atom stereocenters. The van der Waals surface area contributed by atoms with E-state index in [0.717, 1.165) is 44.7 Å². The predicted octanol–water partition coefficient (Wildman–Crippen LogP) is 1.78. The fraction of sp³-hybridized carbons (Fsp3) is 0.550. The Bertz CT molecular complexity index is 803. The maximum Gasteiger partial charge on any atom is 0.276 e. The van der Waals surface area contributed by atoms with Gasteiger partial charge in [-0.25, -0.2) is 4.68 Å². The molecule has 1 N–H and O–H groups in total. The first-order valence-electron chi connectivity index (χ1n) is 9.87. The van der Waals surface area contributed by atoms with Crippen LogP contribution < -0.4 is 10.2 Å². The van der Waals surface area contributed by atoms with Crippen molar-refractivity contribution in [2.24, 2.45) is 0 Å². The zero-order valence-electron chi connectivity index (χ0n) is 16.2. The zero-order chi connectivity index (χ0) is 18.8. The Hall–Kier alpha value is -2.41. The predicted molar refractivity (Wildman–Crippen MR) is 105 cm³/mol.